The van der Waals surface area contributed by atoms with Gasteiger partial charge in [-0.3, -0.25) is 0 Å². The molecule has 2 rings (SSSR count). The molecule has 2 heterocycles. The summed E-state index contributed by atoms with van der Waals surface area (Å²) >= 11 is 0. The van der Waals surface area contributed by atoms with Crippen LogP contribution in [0.2, 0.25) is 0 Å². The average molecular weight is 289 g/mol. The number of piperidine rings is 1. The van der Waals surface area contributed by atoms with E-state index in [4.69, 9.17) is 4.98 Å². The van der Waals surface area contributed by atoms with Gasteiger partial charge in [-0.25, -0.2) is 4.98 Å². The van der Waals surface area contributed by atoms with Gasteiger partial charge >= 0.3 is 0 Å². The first-order valence-electron chi connectivity index (χ1n) is 8.38. The molecule has 3 nitrogen and oxygen atoms in total. The van der Waals surface area contributed by atoms with Gasteiger partial charge in [0, 0.05) is 30.4 Å². The van der Waals surface area contributed by atoms with Crippen LogP contribution in [-0.2, 0) is 6.54 Å². The Labute approximate surface area is 130 Å². The maximum absolute atomic E-state index is 4.80. The predicted octanol–water partition coefficient (Wildman–Crippen LogP) is 4.05. The van der Waals surface area contributed by atoms with Crippen LogP contribution in [0.25, 0.3) is 0 Å². The van der Waals surface area contributed by atoms with Crippen molar-refractivity contribution in [3.8, 4) is 0 Å². The number of hydrogen-bond acceptors (Lipinski definition) is 3. The molecule has 1 fully saturated rings. The van der Waals surface area contributed by atoms with Gasteiger partial charge in [0.25, 0.3) is 0 Å². The number of aromatic nitrogens is 1. The third kappa shape index (κ3) is 4.70. The number of hydrogen-bond donors (Lipinski definition) is 1. The number of nitrogens with one attached hydrogen (secondary N) is 1. The average Bonchev–Trinajstić information content (AvgIpc) is 2.44. The van der Waals surface area contributed by atoms with Crippen molar-refractivity contribution < 1.29 is 0 Å². The van der Waals surface area contributed by atoms with Gasteiger partial charge in [-0.05, 0) is 71.1 Å². The van der Waals surface area contributed by atoms with E-state index in [-0.39, 0.29) is 5.54 Å². The highest BCUT2D eigenvalue weighted by Crippen LogP contribution is 2.26. The minimum absolute atomic E-state index is 0.147. The van der Waals surface area contributed by atoms with Crippen molar-refractivity contribution in [1.82, 2.24) is 10.3 Å². The van der Waals surface area contributed by atoms with Gasteiger partial charge < -0.3 is 10.2 Å². The molecular formula is C18H31N3. The van der Waals surface area contributed by atoms with Crippen molar-refractivity contribution in [2.45, 2.75) is 78.4 Å². The fourth-order valence-corrected chi connectivity index (χ4v) is 3.06. The fraction of sp³-hybridized carbons (Fsp3) is 0.722. The van der Waals surface area contributed by atoms with E-state index in [2.05, 4.69) is 57.0 Å². The van der Waals surface area contributed by atoms with Gasteiger partial charge in [-0.2, -0.15) is 0 Å². The van der Waals surface area contributed by atoms with Crippen LogP contribution >= 0.6 is 0 Å². The molecular weight excluding hydrogens is 258 g/mol. The molecule has 0 amide bonds. The van der Waals surface area contributed by atoms with E-state index >= 15 is 0 Å². The lowest BCUT2D eigenvalue weighted by Crippen LogP contribution is -2.40. The van der Waals surface area contributed by atoms with Crippen molar-refractivity contribution in [1.29, 1.82) is 0 Å². The van der Waals surface area contributed by atoms with Crippen LogP contribution < -0.4 is 10.2 Å². The van der Waals surface area contributed by atoms with E-state index in [1.54, 1.807) is 0 Å². The summed E-state index contributed by atoms with van der Waals surface area (Å²) in [4.78, 5) is 7.32. The smallest absolute Gasteiger partial charge is 0.129 e. The molecule has 1 N–H and O–H groups in total. The van der Waals surface area contributed by atoms with Crippen LogP contribution in [0.3, 0.4) is 0 Å². The van der Waals surface area contributed by atoms with Crippen LogP contribution in [0.1, 0.15) is 64.6 Å². The van der Waals surface area contributed by atoms with Gasteiger partial charge in [-0.15, -0.1) is 0 Å². The third-order valence-corrected chi connectivity index (χ3v) is 4.22. The minimum atomic E-state index is 0.147. The summed E-state index contributed by atoms with van der Waals surface area (Å²) < 4.78 is 0. The van der Waals surface area contributed by atoms with Gasteiger partial charge in [0.15, 0.2) is 0 Å². The van der Waals surface area contributed by atoms with Crippen LogP contribution in [0.15, 0.2) is 12.1 Å². The Bertz CT molecular complexity index is 462. The molecule has 0 spiro atoms. The van der Waals surface area contributed by atoms with Crippen LogP contribution in [-0.4, -0.2) is 23.1 Å². The number of aryl methyl sites for hydroxylation is 1. The second-order valence-corrected chi connectivity index (χ2v) is 7.33. The highest BCUT2D eigenvalue weighted by Gasteiger charge is 2.22. The van der Waals surface area contributed by atoms with E-state index < -0.39 is 0 Å². The molecule has 0 bridgehead atoms. The first kappa shape index (κ1) is 16.3. The zero-order valence-corrected chi connectivity index (χ0v) is 14.4. The van der Waals surface area contributed by atoms with Gasteiger partial charge in [0.1, 0.15) is 5.82 Å². The van der Waals surface area contributed by atoms with E-state index in [0.29, 0.717) is 6.04 Å². The zero-order valence-electron chi connectivity index (χ0n) is 14.4. The molecule has 1 aromatic heterocycles. The Morgan fingerprint density at radius 1 is 1.29 bits per heavy atom. The standard InChI is InChI=1S/C18H31N3/c1-6-16-9-7-8-10-21(16)17-12-15(11-14(2)20-17)13-19-18(3,4)5/h11-12,16,19H,6-10,13H2,1-5H3. The Kier molecular flexibility index (Phi) is 5.26. The zero-order chi connectivity index (χ0) is 15.5. The van der Waals surface area contributed by atoms with Crippen LogP contribution in [0, 0.1) is 6.92 Å². The molecule has 1 saturated heterocycles. The molecule has 0 saturated carbocycles. The van der Waals surface area contributed by atoms with E-state index in [0.717, 1.165) is 18.8 Å². The SMILES string of the molecule is CCC1CCCCN1c1cc(CNC(C)(C)C)cc(C)n1. The maximum Gasteiger partial charge on any atom is 0.129 e. The molecule has 1 atom stereocenters. The first-order chi connectivity index (χ1) is 9.89. The number of pyridine rings is 1. The monoisotopic (exact) mass is 289 g/mol. The van der Waals surface area contributed by atoms with Crippen molar-refractivity contribution in [2.24, 2.45) is 0 Å². The van der Waals surface area contributed by atoms with Crippen LogP contribution in [0.5, 0.6) is 0 Å². The van der Waals surface area contributed by atoms with Crippen molar-refractivity contribution >= 4 is 5.82 Å². The summed E-state index contributed by atoms with van der Waals surface area (Å²) in [5, 5.41) is 3.57. The lowest BCUT2D eigenvalue weighted by Gasteiger charge is -2.36. The highest BCUT2D eigenvalue weighted by atomic mass is 15.2. The molecule has 1 aromatic rings. The van der Waals surface area contributed by atoms with Crippen molar-refractivity contribution in [3.05, 3.63) is 23.4 Å². The molecule has 3 heteroatoms. The molecule has 118 valence electrons. The van der Waals surface area contributed by atoms with Gasteiger partial charge in [0.05, 0.1) is 0 Å². The fourth-order valence-electron chi connectivity index (χ4n) is 3.06. The van der Waals surface area contributed by atoms with Crippen molar-refractivity contribution in [2.75, 3.05) is 11.4 Å². The van der Waals surface area contributed by atoms with E-state index in [1.165, 1.54) is 37.1 Å². The second kappa shape index (κ2) is 6.78. The summed E-state index contributed by atoms with van der Waals surface area (Å²) in [6.45, 7) is 13.1. The Morgan fingerprint density at radius 2 is 2.05 bits per heavy atom. The summed E-state index contributed by atoms with van der Waals surface area (Å²) in [7, 11) is 0. The number of nitrogens with zero attached hydrogens (tertiary/aromatic N) is 2. The Morgan fingerprint density at radius 3 is 2.71 bits per heavy atom. The molecule has 1 aliphatic heterocycles. The lowest BCUT2D eigenvalue weighted by molar-refractivity contribution is 0.423. The maximum atomic E-state index is 4.80. The molecule has 0 radical (unpaired) electrons. The summed E-state index contributed by atoms with van der Waals surface area (Å²) in [6.07, 6.45) is 5.17. The third-order valence-electron chi connectivity index (χ3n) is 4.22. The van der Waals surface area contributed by atoms with Gasteiger partial charge in [0.2, 0.25) is 0 Å². The first-order valence-corrected chi connectivity index (χ1v) is 8.38. The number of anilines is 1. The Hall–Kier alpha value is -1.09. The minimum Gasteiger partial charge on any atom is -0.354 e. The predicted molar refractivity (Wildman–Crippen MR) is 90.8 cm³/mol. The molecule has 0 aromatic carbocycles. The molecule has 21 heavy (non-hydrogen) atoms. The van der Waals surface area contributed by atoms with Crippen molar-refractivity contribution in [3.63, 3.8) is 0 Å². The van der Waals surface area contributed by atoms with Crippen LogP contribution in [0.4, 0.5) is 5.82 Å². The van der Waals surface area contributed by atoms with Gasteiger partial charge in [-0.1, -0.05) is 6.92 Å². The quantitative estimate of drug-likeness (QED) is 0.906. The second-order valence-electron chi connectivity index (χ2n) is 7.33. The van der Waals surface area contributed by atoms with E-state index in [9.17, 15) is 0 Å². The number of rotatable bonds is 4. The molecule has 1 aliphatic rings. The molecule has 1 unspecified atom stereocenters. The summed E-state index contributed by atoms with van der Waals surface area (Å²) in [5.74, 6) is 1.17. The summed E-state index contributed by atoms with van der Waals surface area (Å²) in [6, 6.07) is 5.14. The Balaban J connectivity index is 2.17. The normalized spacial score (nSPS) is 19.9. The molecule has 0 aliphatic carbocycles. The highest BCUT2D eigenvalue weighted by molar-refractivity contribution is 5.44. The summed E-state index contributed by atoms with van der Waals surface area (Å²) in [5.41, 5.74) is 2.61. The lowest BCUT2D eigenvalue weighted by atomic mass is 10.00. The van der Waals surface area contributed by atoms with E-state index in [1.807, 2.05) is 0 Å². The topological polar surface area (TPSA) is 28.2 Å². The largest absolute Gasteiger partial charge is 0.354 e.